The summed E-state index contributed by atoms with van der Waals surface area (Å²) in [5.74, 6) is -0.470. The van der Waals surface area contributed by atoms with Crippen molar-refractivity contribution in [2.45, 2.75) is 6.54 Å². The van der Waals surface area contributed by atoms with Crippen LogP contribution in [0.4, 0.5) is 5.69 Å². The number of nitrogens with zero attached hydrogens (tertiary/aromatic N) is 3. The minimum atomic E-state index is -3.74. The number of anilines is 1. The van der Waals surface area contributed by atoms with Gasteiger partial charge in [-0.25, -0.2) is 13.4 Å². The molecule has 10 heteroatoms. The summed E-state index contributed by atoms with van der Waals surface area (Å²) < 4.78 is 27.2. The zero-order chi connectivity index (χ0) is 21.0. The Balaban J connectivity index is 1.76. The van der Waals surface area contributed by atoms with Crippen LogP contribution in [0.5, 0.6) is 0 Å². The largest absolute Gasteiger partial charge is 0.350 e. The van der Waals surface area contributed by atoms with Crippen LogP contribution in [0, 0.1) is 0 Å². The normalized spacial score (nSPS) is 11.3. The van der Waals surface area contributed by atoms with E-state index in [1.807, 2.05) is 28.8 Å². The minimum Gasteiger partial charge on any atom is -0.350 e. The molecule has 3 rings (SSSR count). The van der Waals surface area contributed by atoms with Gasteiger partial charge in [-0.2, -0.15) is 0 Å². The van der Waals surface area contributed by atoms with Crippen molar-refractivity contribution in [2.24, 2.45) is 0 Å². The Hall–Kier alpha value is -2.55. The summed E-state index contributed by atoms with van der Waals surface area (Å²) in [4.78, 5) is 16.5. The minimum absolute atomic E-state index is 0.140. The summed E-state index contributed by atoms with van der Waals surface area (Å²) in [6.07, 6.45) is 6.14. The number of carbonyl (C=O) groups excluding carboxylic acids is 1. The van der Waals surface area contributed by atoms with Gasteiger partial charge in [-0.05, 0) is 29.8 Å². The molecule has 0 fully saturated rings. The van der Waals surface area contributed by atoms with E-state index < -0.39 is 22.5 Å². The summed E-state index contributed by atoms with van der Waals surface area (Å²) in [6, 6.07) is 11.9. The number of imidazole rings is 1. The molecule has 29 heavy (non-hydrogen) atoms. The molecule has 0 aliphatic heterocycles. The second kappa shape index (κ2) is 8.86. The second-order valence-electron chi connectivity index (χ2n) is 6.24. The summed E-state index contributed by atoms with van der Waals surface area (Å²) >= 11 is 12.0. The molecular formula is C19H18Cl2N4O3S. The van der Waals surface area contributed by atoms with Gasteiger partial charge in [0.05, 0.1) is 29.0 Å². The van der Waals surface area contributed by atoms with Gasteiger partial charge < -0.3 is 9.88 Å². The van der Waals surface area contributed by atoms with Crippen LogP contribution >= 0.6 is 23.2 Å². The third kappa shape index (κ3) is 5.29. The van der Waals surface area contributed by atoms with E-state index in [4.69, 9.17) is 23.2 Å². The molecule has 0 aliphatic rings. The monoisotopic (exact) mass is 452 g/mol. The zero-order valence-corrected chi connectivity index (χ0v) is 17.7. The van der Waals surface area contributed by atoms with Crippen molar-refractivity contribution in [3.05, 3.63) is 76.8 Å². The van der Waals surface area contributed by atoms with E-state index in [1.165, 1.54) is 18.2 Å². The molecule has 0 spiro atoms. The average Bonchev–Trinajstić information content (AvgIpc) is 3.19. The van der Waals surface area contributed by atoms with Crippen molar-refractivity contribution in [1.82, 2.24) is 14.9 Å². The maximum Gasteiger partial charge on any atom is 0.241 e. The van der Waals surface area contributed by atoms with E-state index >= 15 is 0 Å². The fourth-order valence-electron chi connectivity index (χ4n) is 2.76. The summed E-state index contributed by atoms with van der Waals surface area (Å²) in [5.41, 5.74) is 1.91. The Bertz CT molecular complexity index is 1120. The molecule has 1 N–H and O–H groups in total. The highest BCUT2D eigenvalue weighted by molar-refractivity contribution is 7.92. The first kappa shape index (κ1) is 21.2. The second-order valence-corrected chi connectivity index (χ2v) is 8.99. The fourth-order valence-corrected chi connectivity index (χ4v) is 4.19. The maximum atomic E-state index is 12.5. The van der Waals surface area contributed by atoms with Crippen molar-refractivity contribution in [3.63, 3.8) is 0 Å². The molecule has 2 aromatic carbocycles. The molecular weight excluding hydrogens is 435 g/mol. The van der Waals surface area contributed by atoms with Crippen molar-refractivity contribution >= 4 is 44.8 Å². The lowest BCUT2D eigenvalue weighted by atomic mass is 10.1. The van der Waals surface area contributed by atoms with Gasteiger partial charge in [-0.15, -0.1) is 0 Å². The number of rotatable bonds is 7. The molecule has 152 valence electrons. The van der Waals surface area contributed by atoms with Gasteiger partial charge >= 0.3 is 0 Å². The van der Waals surface area contributed by atoms with E-state index in [1.54, 1.807) is 18.7 Å². The van der Waals surface area contributed by atoms with Crippen LogP contribution in [-0.4, -0.2) is 36.7 Å². The standard InChI is InChI=1S/C19H18Cl2N4O3S/c1-29(27,28)25(18-7-6-15(20)10-16(18)21)12-19(26)23-11-14-4-2-3-5-17(14)24-9-8-22-13-24/h2-10,13H,11-12H2,1H3,(H,23,26). The number of carbonyl (C=O) groups is 1. The number of sulfonamides is 1. The number of nitrogens with one attached hydrogen (secondary N) is 1. The highest BCUT2D eigenvalue weighted by Gasteiger charge is 2.23. The van der Waals surface area contributed by atoms with Crippen LogP contribution in [0.25, 0.3) is 5.69 Å². The fraction of sp³-hybridized carbons (Fsp3) is 0.158. The molecule has 0 bridgehead atoms. The predicted molar refractivity (Wildman–Crippen MR) is 114 cm³/mol. The third-order valence-electron chi connectivity index (χ3n) is 4.12. The van der Waals surface area contributed by atoms with Crippen LogP contribution in [0.2, 0.25) is 10.0 Å². The van der Waals surface area contributed by atoms with Crippen LogP contribution in [0.15, 0.2) is 61.2 Å². The Morgan fingerprint density at radius 2 is 1.97 bits per heavy atom. The number of hydrogen-bond donors (Lipinski definition) is 1. The Labute approximate surface area is 178 Å². The number of aromatic nitrogens is 2. The molecule has 0 aliphatic carbocycles. The molecule has 1 aromatic heterocycles. The van der Waals surface area contributed by atoms with Gasteiger partial charge in [-0.3, -0.25) is 9.10 Å². The molecule has 1 heterocycles. The third-order valence-corrected chi connectivity index (χ3v) is 5.78. The molecule has 3 aromatic rings. The topological polar surface area (TPSA) is 84.3 Å². The molecule has 0 saturated carbocycles. The number of amides is 1. The van der Waals surface area contributed by atoms with E-state index in [-0.39, 0.29) is 17.3 Å². The first-order chi connectivity index (χ1) is 13.8. The van der Waals surface area contributed by atoms with Crippen molar-refractivity contribution < 1.29 is 13.2 Å². The van der Waals surface area contributed by atoms with Crippen LogP contribution in [-0.2, 0) is 21.4 Å². The SMILES string of the molecule is CS(=O)(=O)N(CC(=O)NCc1ccccc1-n1ccnc1)c1ccc(Cl)cc1Cl. The number of para-hydroxylation sites is 1. The van der Waals surface area contributed by atoms with Crippen molar-refractivity contribution in [3.8, 4) is 5.69 Å². The lowest BCUT2D eigenvalue weighted by Crippen LogP contribution is -2.40. The van der Waals surface area contributed by atoms with Gasteiger partial charge in [0.1, 0.15) is 6.54 Å². The molecule has 0 atom stereocenters. The van der Waals surface area contributed by atoms with Gasteiger partial charge in [0.25, 0.3) is 0 Å². The van der Waals surface area contributed by atoms with E-state index in [9.17, 15) is 13.2 Å². The first-order valence-electron chi connectivity index (χ1n) is 8.51. The molecule has 7 nitrogen and oxygen atoms in total. The number of hydrogen-bond acceptors (Lipinski definition) is 4. The first-order valence-corrected chi connectivity index (χ1v) is 11.1. The Morgan fingerprint density at radius 1 is 1.21 bits per heavy atom. The highest BCUT2D eigenvalue weighted by Crippen LogP contribution is 2.30. The summed E-state index contributed by atoms with van der Waals surface area (Å²) in [7, 11) is -3.74. The quantitative estimate of drug-likeness (QED) is 0.595. The molecule has 0 saturated heterocycles. The van der Waals surface area contributed by atoms with Gasteiger partial charge in [0.15, 0.2) is 0 Å². The van der Waals surface area contributed by atoms with E-state index in [0.29, 0.717) is 5.02 Å². The molecule has 0 radical (unpaired) electrons. The zero-order valence-electron chi connectivity index (χ0n) is 15.4. The summed E-state index contributed by atoms with van der Waals surface area (Å²) in [6.45, 7) is -0.188. The van der Waals surface area contributed by atoms with Gasteiger partial charge in [0, 0.05) is 24.0 Å². The molecule has 1 amide bonds. The van der Waals surface area contributed by atoms with Crippen molar-refractivity contribution in [2.75, 3.05) is 17.1 Å². The number of halogens is 2. The van der Waals surface area contributed by atoms with Crippen molar-refractivity contribution in [1.29, 1.82) is 0 Å². The lowest BCUT2D eigenvalue weighted by Gasteiger charge is -2.23. The van der Waals surface area contributed by atoms with Gasteiger partial charge in [-0.1, -0.05) is 41.4 Å². The molecule has 0 unspecified atom stereocenters. The van der Waals surface area contributed by atoms with Crippen LogP contribution < -0.4 is 9.62 Å². The van der Waals surface area contributed by atoms with Gasteiger partial charge in [0.2, 0.25) is 15.9 Å². The van der Waals surface area contributed by atoms with Crippen LogP contribution in [0.3, 0.4) is 0 Å². The van der Waals surface area contributed by atoms with Crippen LogP contribution in [0.1, 0.15) is 5.56 Å². The van der Waals surface area contributed by atoms with E-state index in [0.717, 1.165) is 21.8 Å². The Kier molecular flexibility index (Phi) is 6.46. The highest BCUT2D eigenvalue weighted by atomic mass is 35.5. The van der Waals surface area contributed by atoms with E-state index in [2.05, 4.69) is 10.3 Å². The summed E-state index contributed by atoms with van der Waals surface area (Å²) in [5, 5.41) is 3.26. The Morgan fingerprint density at radius 3 is 2.62 bits per heavy atom. The average molecular weight is 453 g/mol. The predicted octanol–water partition coefficient (Wildman–Crippen LogP) is 3.26. The maximum absolute atomic E-state index is 12.5. The number of benzene rings is 2. The lowest BCUT2D eigenvalue weighted by molar-refractivity contribution is -0.119. The smallest absolute Gasteiger partial charge is 0.241 e.